The van der Waals surface area contributed by atoms with Gasteiger partial charge in [0.2, 0.25) is 0 Å². The van der Waals surface area contributed by atoms with Crippen molar-refractivity contribution in [2.45, 2.75) is 58.9 Å². The molecule has 6 nitrogen and oxygen atoms in total. The fourth-order valence-corrected chi connectivity index (χ4v) is 6.28. The highest BCUT2D eigenvalue weighted by Crippen LogP contribution is 2.34. The average molecular weight is 533 g/mol. The van der Waals surface area contributed by atoms with E-state index in [4.69, 9.17) is 17.2 Å². The van der Waals surface area contributed by atoms with Gasteiger partial charge in [-0.15, -0.1) is 0 Å². The third kappa shape index (κ3) is 5.36. The van der Waals surface area contributed by atoms with E-state index in [0.29, 0.717) is 39.3 Å². The number of amides is 1. The Bertz CT molecular complexity index is 1450. The Labute approximate surface area is 227 Å². The number of thiocarbonyl (C=S) groups is 1. The number of hydrogen-bond donors (Lipinski definition) is 0. The smallest absolute Gasteiger partial charge is 0.267 e. The first-order valence-corrected chi connectivity index (χ1v) is 14.3. The van der Waals surface area contributed by atoms with E-state index in [2.05, 4.69) is 30.0 Å². The summed E-state index contributed by atoms with van der Waals surface area (Å²) in [6.45, 7) is 6.19. The number of thioether (sulfide) groups is 1. The molecule has 0 unspecified atom stereocenters. The first kappa shape index (κ1) is 25.7. The lowest BCUT2D eigenvalue weighted by Gasteiger charge is -2.30. The third-order valence-electron chi connectivity index (χ3n) is 7.05. The number of carbonyl (C=O) groups excluding carboxylic acids is 1. The van der Waals surface area contributed by atoms with Gasteiger partial charge in [0, 0.05) is 25.8 Å². The van der Waals surface area contributed by atoms with Gasteiger partial charge in [-0.2, -0.15) is 0 Å². The van der Waals surface area contributed by atoms with Gasteiger partial charge in [0.15, 0.2) is 0 Å². The fraction of sp³-hybridized carbons (Fsp3) is 0.379. The van der Waals surface area contributed by atoms with Crippen LogP contribution in [0.15, 0.2) is 52.3 Å². The van der Waals surface area contributed by atoms with Crippen molar-refractivity contribution in [2.24, 2.45) is 0 Å². The number of benzene rings is 1. The minimum absolute atomic E-state index is 0.117. The van der Waals surface area contributed by atoms with Gasteiger partial charge in [0.25, 0.3) is 11.5 Å². The minimum atomic E-state index is -0.174. The summed E-state index contributed by atoms with van der Waals surface area (Å²) < 4.78 is 2.14. The van der Waals surface area contributed by atoms with Crippen molar-refractivity contribution in [3.8, 4) is 0 Å². The summed E-state index contributed by atoms with van der Waals surface area (Å²) in [6, 6.07) is 12.2. The van der Waals surface area contributed by atoms with Crippen molar-refractivity contribution in [1.82, 2.24) is 14.3 Å². The second-order valence-electron chi connectivity index (χ2n) is 9.78. The number of unbranched alkanes of at least 4 members (excludes halogenated alkanes) is 4. The number of aromatic nitrogens is 2. The van der Waals surface area contributed by atoms with Gasteiger partial charge in [-0.1, -0.05) is 86.9 Å². The number of aryl methyl sites for hydroxylation is 1. The van der Waals surface area contributed by atoms with Crippen LogP contribution in [0.3, 0.4) is 0 Å². The van der Waals surface area contributed by atoms with Gasteiger partial charge in [-0.3, -0.25) is 18.9 Å². The van der Waals surface area contributed by atoms with Gasteiger partial charge in [-0.05, 0) is 48.6 Å². The summed E-state index contributed by atoms with van der Waals surface area (Å²) in [6.07, 6.45) is 9.98. The van der Waals surface area contributed by atoms with Gasteiger partial charge in [0.1, 0.15) is 15.8 Å². The molecule has 1 fully saturated rings. The molecule has 0 atom stereocenters. The molecule has 2 aromatic heterocycles. The van der Waals surface area contributed by atoms with Crippen LogP contribution in [0, 0.1) is 6.92 Å². The van der Waals surface area contributed by atoms with Crippen LogP contribution in [-0.4, -0.2) is 37.6 Å². The summed E-state index contributed by atoms with van der Waals surface area (Å²) in [5.74, 6) is 0.502. The highest BCUT2D eigenvalue weighted by Gasteiger charge is 2.33. The molecule has 1 saturated heterocycles. The Kier molecular flexibility index (Phi) is 7.76. The van der Waals surface area contributed by atoms with Crippen molar-refractivity contribution in [3.63, 3.8) is 0 Å². The molecule has 4 heterocycles. The molecule has 3 aromatic rings. The van der Waals surface area contributed by atoms with E-state index in [-0.39, 0.29) is 11.5 Å². The average Bonchev–Trinajstić information content (AvgIpc) is 3.17. The van der Waals surface area contributed by atoms with Crippen LogP contribution < -0.4 is 10.5 Å². The molecule has 1 aromatic carbocycles. The summed E-state index contributed by atoms with van der Waals surface area (Å²) in [4.78, 5) is 36.4. The summed E-state index contributed by atoms with van der Waals surface area (Å²) in [7, 11) is 0. The molecule has 0 aliphatic carbocycles. The van der Waals surface area contributed by atoms with Crippen molar-refractivity contribution >= 4 is 51.7 Å². The standard InChI is InChI=1S/C29H32N4O2S2/c1-3-4-5-6-9-15-32-28(35)24(37-29(32)36)17-23-26(30-25-13-12-20(2)18-33(25)27(23)34)31-16-14-21-10-7-8-11-22(21)19-31/h7-8,10-13,17-18H,3-6,9,14-16,19H2,1-2H3/b24-17-. The zero-order valence-corrected chi connectivity index (χ0v) is 23.0. The SMILES string of the molecule is CCCCCCCN1C(=O)/C(=C/c2c(N3CCc4ccccc4C3)nc3ccc(C)cn3c2=O)SC1=S. The number of pyridine rings is 1. The van der Waals surface area contributed by atoms with Crippen molar-refractivity contribution in [1.29, 1.82) is 0 Å². The van der Waals surface area contributed by atoms with Crippen LogP contribution in [0.2, 0.25) is 0 Å². The molecule has 2 aliphatic heterocycles. The number of carbonyl (C=O) groups is 1. The zero-order chi connectivity index (χ0) is 25.9. The van der Waals surface area contributed by atoms with Crippen LogP contribution in [-0.2, 0) is 17.8 Å². The van der Waals surface area contributed by atoms with Crippen LogP contribution in [0.25, 0.3) is 11.7 Å². The lowest BCUT2D eigenvalue weighted by Crippen LogP contribution is -2.34. The number of fused-ring (bicyclic) bond motifs is 2. The van der Waals surface area contributed by atoms with Crippen molar-refractivity contribution < 1.29 is 4.79 Å². The van der Waals surface area contributed by atoms with E-state index in [1.165, 1.54) is 42.2 Å². The zero-order valence-electron chi connectivity index (χ0n) is 21.4. The Morgan fingerprint density at radius 3 is 2.65 bits per heavy atom. The van der Waals surface area contributed by atoms with Gasteiger partial charge < -0.3 is 4.90 Å². The summed E-state index contributed by atoms with van der Waals surface area (Å²) in [5, 5.41) is 0. The largest absolute Gasteiger partial charge is 0.351 e. The molecule has 1 amide bonds. The van der Waals surface area contributed by atoms with Crippen LogP contribution in [0.1, 0.15) is 61.3 Å². The van der Waals surface area contributed by atoms with E-state index in [0.717, 1.165) is 31.4 Å². The molecule has 0 spiro atoms. The van der Waals surface area contributed by atoms with Crippen LogP contribution in [0.4, 0.5) is 5.82 Å². The van der Waals surface area contributed by atoms with Gasteiger partial charge in [-0.25, -0.2) is 4.98 Å². The molecular formula is C29H32N4O2S2. The van der Waals surface area contributed by atoms with E-state index in [1.54, 1.807) is 21.6 Å². The Hall–Kier alpha value is -2.97. The lowest BCUT2D eigenvalue weighted by molar-refractivity contribution is -0.122. The molecule has 192 valence electrons. The molecule has 0 N–H and O–H groups in total. The van der Waals surface area contributed by atoms with Crippen LogP contribution in [0.5, 0.6) is 0 Å². The number of anilines is 1. The molecular weight excluding hydrogens is 500 g/mol. The summed E-state index contributed by atoms with van der Waals surface area (Å²) >= 11 is 6.84. The number of hydrogen-bond acceptors (Lipinski definition) is 6. The molecule has 37 heavy (non-hydrogen) atoms. The number of rotatable bonds is 8. The molecule has 0 bridgehead atoms. The predicted octanol–water partition coefficient (Wildman–Crippen LogP) is 5.74. The minimum Gasteiger partial charge on any atom is -0.351 e. The quantitative estimate of drug-likeness (QED) is 0.210. The summed E-state index contributed by atoms with van der Waals surface area (Å²) in [5.41, 5.74) is 4.39. The topological polar surface area (TPSA) is 57.9 Å². The predicted molar refractivity (Wildman–Crippen MR) is 156 cm³/mol. The monoisotopic (exact) mass is 532 g/mol. The van der Waals surface area contributed by atoms with E-state index in [1.807, 2.05) is 25.1 Å². The maximum Gasteiger partial charge on any atom is 0.267 e. The lowest BCUT2D eigenvalue weighted by atomic mass is 9.99. The number of nitrogens with zero attached hydrogens (tertiary/aromatic N) is 4. The second kappa shape index (κ2) is 11.2. The van der Waals surface area contributed by atoms with Gasteiger partial charge >= 0.3 is 0 Å². The third-order valence-corrected chi connectivity index (χ3v) is 8.43. The first-order valence-electron chi connectivity index (χ1n) is 13.1. The fourth-order valence-electron chi connectivity index (χ4n) is 4.99. The normalized spacial score (nSPS) is 16.8. The highest BCUT2D eigenvalue weighted by molar-refractivity contribution is 8.26. The van der Waals surface area contributed by atoms with Crippen LogP contribution >= 0.6 is 24.0 Å². The first-order chi connectivity index (χ1) is 18.0. The van der Waals surface area contributed by atoms with Gasteiger partial charge in [0.05, 0.1) is 10.5 Å². The Morgan fingerprint density at radius 1 is 1.05 bits per heavy atom. The van der Waals surface area contributed by atoms with E-state index in [9.17, 15) is 9.59 Å². The van der Waals surface area contributed by atoms with Crippen molar-refractivity contribution in [2.75, 3.05) is 18.0 Å². The van der Waals surface area contributed by atoms with E-state index < -0.39 is 0 Å². The molecule has 0 radical (unpaired) electrons. The maximum absolute atomic E-state index is 13.8. The Balaban J connectivity index is 1.51. The second-order valence-corrected chi connectivity index (χ2v) is 11.5. The molecule has 0 saturated carbocycles. The molecule has 2 aliphatic rings. The maximum atomic E-state index is 13.8. The highest BCUT2D eigenvalue weighted by atomic mass is 32.2. The molecule has 8 heteroatoms. The van der Waals surface area contributed by atoms with Crippen molar-refractivity contribution in [3.05, 3.63) is 80.1 Å². The molecule has 5 rings (SSSR count). The van der Waals surface area contributed by atoms with E-state index >= 15 is 0 Å². The Morgan fingerprint density at radius 2 is 1.84 bits per heavy atom.